The fourth-order valence-corrected chi connectivity index (χ4v) is 4.54. The molecule has 3 aliphatic rings. The van der Waals surface area contributed by atoms with Crippen LogP contribution in [0.25, 0.3) is 11.3 Å². The highest BCUT2D eigenvalue weighted by molar-refractivity contribution is 5.76. The molecule has 5 nitrogen and oxygen atoms in total. The standard InChI is InChI=1S/C23H20F3N3O2/c24-23(25,26)19-9-8-15(28-11-10-16(30)13-28)12-20(19)29-22(31)18-7-3-6-17(18)21(27-29)14-4-1-2-5-14/h1-2,4,8-9,12,16,30H,3,6-7,10-11,13H2. The second kappa shape index (κ2) is 7.25. The zero-order valence-electron chi connectivity index (χ0n) is 16.6. The Morgan fingerprint density at radius 2 is 2.00 bits per heavy atom. The van der Waals surface area contributed by atoms with Gasteiger partial charge in [0.2, 0.25) is 0 Å². The van der Waals surface area contributed by atoms with Gasteiger partial charge in [0.05, 0.1) is 17.4 Å². The van der Waals surface area contributed by atoms with Crippen molar-refractivity contribution >= 4 is 11.3 Å². The molecule has 2 aromatic rings. The van der Waals surface area contributed by atoms with E-state index in [4.69, 9.17) is 0 Å². The van der Waals surface area contributed by atoms with Crippen LogP contribution in [0.2, 0.25) is 0 Å². The third kappa shape index (κ3) is 3.42. The van der Waals surface area contributed by atoms with E-state index in [0.717, 1.165) is 22.7 Å². The summed E-state index contributed by atoms with van der Waals surface area (Å²) in [6, 6.07) is 3.73. The number of aliphatic hydroxyl groups excluding tert-OH is 1. The molecule has 31 heavy (non-hydrogen) atoms. The highest BCUT2D eigenvalue weighted by Gasteiger charge is 2.36. The number of aromatic nitrogens is 2. The average Bonchev–Trinajstić information content (AvgIpc) is 3.49. The van der Waals surface area contributed by atoms with E-state index in [-0.39, 0.29) is 5.69 Å². The van der Waals surface area contributed by atoms with Gasteiger partial charge in [-0.25, -0.2) is 0 Å². The van der Waals surface area contributed by atoms with Crippen LogP contribution in [0.1, 0.15) is 35.2 Å². The molecule has 1 aromatic heterocycles. The van der Waals surface area contributed by atoms with E-state index in [0.29, 0.717) is 54.9 Å². The van der Waals surface area contributed by atoms with Crippen LogP contribution in [0.15, 0.2) is 47.0 Å². The second-order valence-corrected chi connectivity index (χ2v) is 8.05. The van der Waals surface area contributed by atoms with Crippen LogP contribution >= 0.6 is 0 Å². The number of hydrogen-bond acceptors (Lipinski definition) is 4. The lowest BCUT2D eigenvalue weighted by molar-refractivity contribution is -0.137. The van der Waals surface area contributed by atoms with E-state index in [1.807, 2.05) is 4.90 Å². The van der Waals surface area contributed by atoms with Crippen LogP contribution in [0, 0.1) is 0 Å². The predicted octanol–water partition coefficient (Wildman–Crippen LogP) is 3.42. The van der Waals surface area contributed by atoms with E-state index in [1.54, 1.807) is 18.2 Å². The second-order valence-electron chi connectivity index (χ2n) is 8.05. The van der Waals surface area contributed by atoms with E-state index >= 15 is 0 Å². The predicted molar refractivity (Wildman–Crippen MR) is 110 cm³/mol. The fraction of sp³-hybridized carbons (Fsp3) is 0.348. The fourth-order valence-electron chi connectivity index (χ4n) is 4.54. The topological polar surface area (TPSA) is 58.4 Å². The largest absolute Gasteiger partial charge is 0.418 e. The molecule has 0 saturated carbocycles. The molecule has 1 fully saturated rings. The van der Waals surface area contributed by atoms with Gasteiger partial charge in [0.25, 0.3) is 5.56 Å². The van der Waals surface area contributed by atoms with Crippen molar-refractivity contribution in [1.29, 1.82) is 0 Å². The van der Waals surface area contributed by atoms with Gasteiger partial charge in [-0.3, -0.25) is 4.79 Å². The van der Waals surface area contributed by atoms with Gasteiger partial charge in [0.15, 0.2) is 0 Å². The van der Waals surface area contributed by atoms with Crippen molar-refractivity contribution in [3.8, 4) is 5.69 Å². The highest BCUT2D eigenvalue weighted by Crippen LogP contribution is 2.37. The maximum atomic E-state index is 13.9. The molecule has 1 saturated heterocycles. The van der Waals surface area contributed by atoms with E-state index in [2.05, 4.69) is 10.8 Å². The normalized spacial score (nSPS) is 19.9. The van der Waals surface area contributed by atoms with Gasteiger partial charge >= 0.3 is 6.18 Å². The number of anilines is 1. The van der Waals surface area contributed by atoms with E-state index < -0.39 is 23.4 Å². The minimum atomic E-state index is -4.65. The van der Waals surface area contributed by atoms with Gasteiger partial charge in [0.1, 0.15) is 5.69 Å². The Kier molecular flexibility index (Phi) is 4.64. The van der Waals surface area contributed by atoms with Crippen molar-refractivity contribution in [3.63, 3.8) is 0 Å². The molecule has 8 heteroatoms. The number of hydrogen-bond donors (Lipinski definition) is 1. The molecule has 160 valence electrons. The first-order valence-electron chi connectivity index (χ1n) is 10.3. The lowest BCUT2D eigenvalue weighted by Gasteiger charge is -2.22. The number of allylic oxidation sites excluding steroid dienone is 3. The molecule has 5 rings (SSSR count). The van der Waals surface area contributed by atoms with E-state index in [1.165, 1.54) is 12.1 Å². The van der Waals surface area contributed by atoms with Gasteiger partial charge < -0.3 is 10.0 Å². The van der Waals surface area contributed by atoms with Crippen molar-refractivity contribution < 1.29 is 18.3 Å². The molecule has 1 aliphatic heterocycles. The van der Waals surface area contributed by atoms with Gasteiger partial charge in [0, 0.05) is 29.9 Å². The first-order valence-corrected chi connectivity index (χ1v) is 10.3. The molecule has 1 atom stereocenters. The molecule has 0 amide bonds. The highest BCUT2D eigenvalue weighted by atomic mass is 19.4. The number of benzene rings is 1. The third-order valence-corrected chi connectivity index (χ3v) is 6.05. The van der Waals surface area contributed by atoms with Crippen molar-refractivity contribution in [1.82, 2.24) is 9.78 Å². The smallest absolute Gasteiger partial charge is 0.391 e. The molecule has 2 aliphatic carbocycles. The minimum absolute atomic E-state index is 0.293. The Morgan fingerprint density at radius 3 is 2.68 bits per heavy atom. The molecule has 1 N–H and O–H groups in total. The van der Waals surface area contributed by atoms with Gasteiger partial charge in [-0.1, -0.05) is 6.08 Å². The Labute approximate surface area is 176 Å². The number of fused-ring (bicyclic) bond motifs is 1. The summed E-state index contributed by atoms with van der Waals surface area (Å²) in [4.78, 5) is 15.0. The first kappa shape index (κ1) is 19.8. The average molecular weight is 427 g/mol. The number of alkyl halides is 3. The summed E-state index contributed by atoms with van der Waals surface area (Å²) >= 11 is 0. The van der Waals surface area contributed by atoms with Gasteiger partial charge in [-0.15, -0.1) is 5.73 Å². The van der Waals surface area contributed by atoms with Crippen LogP contribution in [-0.4, -0.2) is 34.1 Å². The van der Waals surface area contributed by atoms with Crippen LogP contribution in [0.5, 0.6) is 0 Å². The molecule has 1 unspecified atom stereocenters. The van der Waals surface area contributed by atoms with Crippen LogP contribution in [0.4, 0.5) is 18.9 Å². The maximum absolute atomic E-state index is 13.9. The van der Waals surface area contributed by atoms with Gasteiger partial charge in [-0.2, -0.15) is 23.0 Å². The molecule has 0 radical (unpaired) electrons. The zero-order valence-corrected chi connectivity index (χ0v) is 16.6. The van der Waals surface area contributed by atoms with Crippen molar-refractivity contribution in [2.24, 2.45) is 0 Å². The Bertz CT molecular complexity index is 1220. The number of nitrogens with zero attached hydrogens (tertiary/aromatic N) is 3. The monoisotopic (exact) mass is 427 g/mol. The Morgan fingerprint density at radius 1 is 1.19 bits per heavy atom. The number of β-amino-alcohol motifs (C(OH)–C–C–N with tert-alkyl or cyclic N) is 1. The summed E-state index contributed by atoms with van der Waals surface area (Å²) in [5.74, 6) is 0. The minimum Gasteiger partial charge on any atom is -0.391 e. The van der Waals surface area contributed by atoms with Crippen LogP contribution in [-0.2, 0) is 19.0 Å². The Hall–Kier alpha value is -3.09. The van der Waals surface area contributed by atoms with Gasteiger partial charge in [-0.05, 0) is 61.6 Å². The van der Waals surface area contributed by atoms with Crippen molar-refractivity contribution in [2.75, 3.05) is 18.0 Å². The SMILES string of the molecule is O=c1c2c(c(C3=C=CC=C3)nn1-c1cc(N3CCC(O)C3)ccc1C(F)(F)F)CCC2. The zero-order chi connectivity index (χ0) is 21.8. The number of halogens is 3. The maximum Gasteiger partial charge on any atom is 0.418 e. The molecule has 0 spiro atoms. The molecule has 1 aromatic carbocycles. The summed E-state index contributed by atoms with van der Waals surface area (Å²) in [7, 11) is 0. The molecular formula is C23H20F3N3O2. The first-order chi connectivity index (χ1) is 14.8. The molecule has 2 heterocycles. The third-order valence-electron chi connectivity index (χ3n) is 6.05. The lowest BCUT2D eigenvalue weighted by atomic mass is 10.0. The van der Waals surface area contributed by atoms with Crippen LogP contribution in [0.3, 0.4) is 0 Å². The molecular weight excluding hydrogens is 407 g/mol. The summed E-state index contributed by atoms with van der Waals surface area (Å²) in [6.45, 7) is 0.872. The van der Waals surface area contributed by atoms with Crippen molar-refractivity contribution in [3.05, 3.63) is 74.9 Å². The summed E-state index contributed by atoms with van der Waals surface area (Å²) in [5.41, 5.74) is 4.36. The quantitative estimate of drug-likeness (QED) is 0.763. The van der Waals surface area contributed by atoms with E-state index in [9.17, 15) is 23.1 Å². The Balaban J connectivity index is 1.74. The number of aliphatic hydroxyl groups is 1. The lowest BCUT2D eigenvalue weighted by Crippen LogP contribution is -2.29. The molecule has 0 bridgehead atoms. The van der Waals surface area contributed by atoms with Crippen LogP contribution < -0.4 is 10.5 Å². The summed E-state index contributed by atoms with van der Waals surface area (Å²) < 4.78 is 42.5. The van der Waals surface area contributed by atoms with Crippen molar-refractivity contribution in [2.45, 2.75) is 38.0 Å². The number of rotatable bonds is 3. The summed E-state index contributed by atoms with van der Waals surface area (Å²) in [5, 5.41) is 14.2. The summed E-state index contributed by atoms with van der Waals surface area (Å²) in [6.07, 6.45) is 2.63.